The number of aryl methyl sites for hydroxylation is 2. The molecule has 2 aromatic rings. The van der Waals surface area contributed by atoms with Crippen molar-refractivity contribution in [3.05, 3.63) is 47.0 Å². The molecule has 0 aliphatic carbocycles. The molecule has 88 valence electrons. The van der Waals surface area contributed by atoms with Crippen LogP contribution in [0.4, 0.5) is 0 Å². The lowest BCUT2D eigenvalue weighted by Crippen LogP contribution is -2.23. The molecule has 0 saturated carbocycles. The van der Waals surface area contributed by atoms with Crippen LogP contribution in [-0.2, 0) is 6.54 Å². The molecular weight excluding hydrogens is 216 g/mol. The number of amides is 1. The van der Waals surface area contributed by atoms with Crippen molar-refractivity contribution in [2.24, 2.45) is 0 Å². The first-order valence-electron chi connectivity index (χ1n) is 5.37. The molecule has 0 aliphatic heterocycles. The summed E-state index contributed by atoms with van der Waals surface area (Å²) in [6.45, 7) is 4.32. The van der Waals surface area contributed by atoms with Gasteiger partial charge in [0.25, 0.3) is 5.91 Å². The third-order valence-electron chi connectivity index (χ3n) is 2.63. The van der Waals surface area contributed by atoms with E-state index >= 15 is 0 Å². The van der Waals surface area contributed by atoms with E-state index in [1.54, 1.807) is 24.5 Å². The Kier molecular flexibility index (Phi) is 3.18. The molecule has 0 aromatic carbocycles. The number of carbonyl (C=O) groups excluding carboxylic acids is 1. The fraction of sp³-hybridized carbons (Fsp3) is 0.250. The predicted octanol–water partition coefficient (Wildman–Crippen LogP) is 1.35. The summed E-state index contributed by atoms with van der Waals surface area (Å²) >= 11 is 0. The Morgan fingerprint density at radius 1 is 1.47 bits per heavy atom. The third kappa shape index (κ3) is 2.50. The molecule has 2 heterocycles. The quantitative estimate of drug-likeness (QED) is 0.836. The standard InChI is InChI=1S/C12H14N4O/c1-8-11(9(2)16-15-8)7-14-12(17)10-4-3-5-13-6-10/h3-6H,7H2,1-2H3,(H,14,17)(H,15,16). The molecule has 2 N–H and O–H groups in total. The summed E-state index contributed by atoms with van der Waals surface area (Å²) in [7, 11) is 0. The number of aromatic amines is 1. The zero-order chi connectivity index (χ0) is 12.3. The summed E-state index contributed by atoms with van der Waals surface area (Å²) < 4.78 is 0. The Morgan fingerprint density at radius 2 is 2.29 bits per heavy atom. The Labute approximate surface area is 99.3 Å². The van der Waals surface area contributed by atoms with E-state index in [4.69, 9.17) is 0 Å². The number of H-pyrrole nitrogens is 1. The van der Waals surface area contributed by atoms with Crippen LogP contribution < -0.4 is 5.32 Å². The maximum absolute atomic E-state index is 11.8. The van der Waals surface area contributed by atoms with Gasteiger partial charge in [0.2, 0.25) is 0 Å². The van der Waals surface area contributed by atoms with Crippen LogP contribution in [-0.4, -0.2) is 21.1 Å². The lowest BCUT2D eigenvalue weighted by Gasteiger charge is -2.04. The van der Waals surface area contributed by atoms with Gasteiger partial charge in [0.1, 0.15) is 0 Å². The largest absolute Gasteiger partial charge is 0.348 e. The minimum Gasteiger partial charge on any atom is -0.348 e. The summed E-state index contributed by atoms with van der Waals surface area (Å²) in [4.78, 5) is 15.7. The minimum absolute atomic E-state index is 0.127. The average Bonchev–Trinajstić information content (AvgIpc) is 2.67. The highest BCUT2D eigenvalue weighted by Gasteiger charge is 2.09. The number of nitrogens with zero attached hydrogens (tertiary/aromatic N) is 2. The smallest absolute Gasteiger partial charge is 0.253 e. The zero-order valence-corrected chi connectivity index (χ0v) is 9.82. The molecule has 17 heavy (non-hydrogen) atoms. The topological polar surface area (TPSA) is 70.7 Å². The normalized spacial score (nSPS) is 10.2. The van der Waals surface area contributed by atoms with Crippen molar-refractivity contribution in [3.63, 3.8) is 0 Å². The van der Waals surface area contributed by atoms with Gasteiger partial charge >= 0.3 is 0 Å². The lowest BCUT2D eigenvalue weighted by atomic mass is 10.2. The van der Waals surface area contributed by atoms with Crippen LogP contribution in [0.25, 0.3) is 0 Å². The van der Waals surface area contributed by atoms with E-state index < -0.39 is 0 Å². The first-order valence-corrected chi connectivity index (χ1v) is 5.37. The highest BCUT2D eigenvalue weighted by molar-refractivity contribution is 5.93. The van der Waals surface area contributed by atoms with Crippen LogP contribution in [0, 0.1) is 13.8 Å². The summed E-state index contributed by atoms with van der Waals surface area (Å²) in [5, 5.41) is 9.81. The number of hydrogen-bond donors (Lipinski definition) is 2. The molecule has 0 atom stereocenters. The van der Waals surface area contributed by atoms with Crippen molar-refractivity contribution in [2.45, 2.75) is 20.4 Å². The second-order valence-corrected chi connectivity index (χ2v) is 3.84. The minimum atomic E-state index is -0.127. The molecule has 5 heteroatoms. The van der Waals surface area contributed by atoms with Gasteiger partial charge < -0.3 is 5.32 Å². The van der Waals surface area contributed by atoms with Crippen LogP contribution in [0.5, 0.6) is 0 Å². The molecule has 0 bridgehead atoms. The van der Waals surface area contributed by atoms with Gasteiger partial charge in [0.05, 0.1) is 11.3 Å². The van der Waals surface area contributed by atoms with Crippen molar-refractivity contribution in [1.29, 1.82) is 0 Å². The van der Waals surface area contributed by atoms with Gasteiger partial charge in [-0.1, -0.05) is 0 Å². The van der Waals surface area contributed by atoms with E-state index in [0.29, 0.717) is 12.1 Å². The molecule has 1 amide bonds. The first-order chi connectivity index (χ1) is 8.18. The number of nitrogens with one attached hydrogen (secondary N) is 2. The number of pyridine rings is 1. The van der Waals surface area contributed by atoms with E-state index in [1.165, 1.54) is 0 Å². The number of carbonyl (C=O) groups is 1. The van der Waals surface area contributed by atoms with Crippen LogP contribution >= 0.6 is 0 Å². The highest BCUT2D eigenvalue weighted by atomic mass is 16.1. The van der Waals surface area contributed by atoms with E-state index in [9.17, 15) is 4.79 Å². The van der Waals surface area contributed by atoms with E-state index in [1.807, 2.05) is 13.8 Å². The van der Waals surface area contributed by atoms with Crippen LogP contribution in [0.2, 0.25) is 0 Å². The maximum atomic E-state index is 11.8. The molecular formula is C12H14N4O. The van der Waals surface area contributed by atoms with Gasteiger partial charge in [-0.25, -0.2) is 0 Å². The Hall–Kier alpha value is -2.17. The lowest BCUT2D eigenvalue weighted by molar-refractivity contribution is 0.0950. The average molecular weight is 230 g/mol. The molecule has 0 fully saturated rings. The monoisotopic (exact) mass is 230 g/mol. The van der Waals surface area contributed by atoms with Crippen molar-refractivity contribution in [1.82, 2.24) is 20.5 Å². The number of aromatic nitrogens is 3. The fourth-order valence-corrected chi connectivity index (χ4v) is 1.60. The summed E-state index contributed by atoms with van der Waals surface area (Å²) in [5.74, 6) is -0.127. The summed E-state index contributed by atoms with van der Waals surface area (Å²) in [6, 6.07) is 3.47. The van der Waals surface area contributed by atoms with E-state index in [2.05, 4.69) is 20.5 Å². The van der Waals surface area contributed by atoms with Gasteiger partial charge in [-0.05, 0) is 26.0 Å². The first kappa shape index (κ1) is 11.3. The van der Waals surface area contributed by atoms with Crippen molar-refractivity contribution in [2.75, 3.05) is 0 Å². The van der Waals surface area contributed by atoms with Gasteiger partial charge in [-0.15, -0.1) is 0 Å². The van der Waals surface area contributed by atoms with Crippen molar-refractivity contribution >= 4 is 5.91 Å². The van der Waals surface area contributed by atoms with Crippen molar-refractivity contribution < 1.29 is 4.79 Å². The van der Waals surface area contributed by atoms with Crippen molar-refractivity contribution in [3.8, 4) is 0 Å². The van der Waals surface area contributed by atoms with Crippen LogP contribution in [0.3, 0.4) is 0 Å². The second-order valence-electron chi connectivity index (χ2n) is 3.84. The van der Waals surface area contributed by atoms with Gasteiger partial charge in [-0.3, -0.25) is 14.9 Å². The SMILES string of the molecule is Cc1n[nH]c(C)c1CNC(=O)c1cccnc1. The van der Waals surface area contributed by atoms with Gasteiger partial charge in [0.15, 0.2) is 0 Å². The molecule has 0 aliphatic rings. The molecule has 0 spiro atoms. The molecule has 5 nitrogen and oxygen atoms in total. The van der Waals surface area contributed by atoms with Crippen LogP contribution in [0.15, 0.2) is 24.5 Å². The summed E-state index contributed by atoms with van der Waals surface area (Å²) in [6.07, 6.45) is 3.19. The maximum Gasteiger partial charge on any atom is 0.253 e. The van der Waals surface area contributed by atoms with Gasteiger partial charge in [0, 0.05) is 30.2 Å². The predicted molar refractivity (Wildman–Crippen MR) is 63.5 cm³/mol. The molecule has 0 saturated heterocycles. The summed E-state index contributed by atoms with van der Waals surface area (Å²) in [5.41, 5.74) is 3.48. The molecule has 0 radical (unpaired) electrons. The highest BCUT2D eigenvalue weighted by Crippen LogP contribution is 2.08. The Bertz CT molecular complexity index is 499. The van der Waals surface area contributed by atoms with E-state index in [-0.39, 0.29) is 5.91 Å². The molecule has 2 rings (SSSR count). The van der Waals surface area contributed by atoms with Gasteiger partial charge in [-0.2, -0.15) is 5.10 Å². The Balaban J connectivity index is 2.02. The molecule has 0 unspecified atom stereocenters. The third-order valence-corrected chi connectivity index (χ3v) is 2.63. The van der Waals surface area contributed by atoms with E-state index in [0.717, 1.165) is 17.0 Å². The Morgan fingerprint density at radius 3 is 2.88 bits per heavy atom. The second kappa shape index (κ2) is 4.78. The number of rotatable bonds is 3. The van der Waals surface area contributed by atoms with Crippen LogP contribution in [0.1, 0.15) is 27.3 Å². The fourth-order valence-electron chi connectivity index (χ4n) is 1.60. The number of hydrogen-bond acceptors (Lipinski definition) is 3. The molecule has 2 aromatic heterocycles. The zero-order valence-electron chi connectivity index (χ0n) is 9.82.